The summed E-state index contributed by atoms with van der Waals surface area (Å²) in [5, 5.41) is 3.39. The molecular weight excluding hydrogens is 272 g/mol. The Morgan fingerprint density at radius 2 is 1.64 bits per heavy atom. The van der Waals surface area contributed by atoms with Crippen LogP contribution in [0.3, 0.4) is 0 Å². The van der Waals surface area contributed by atoms with Crippen molar-refractivity contribution in [2.45, 2.75) is 90.9 Å². The number of nitrogens with zero attached hydrogens (tertiary/aromatic N) is 1. The highest BCUT2D eigenvalue weighted by molar-refractivity contribution is 5.03. The monoisotopic (exact) mass is 310 g/mol. The van der Waals surface area contributed by atoms with E-state index >= 15 is 0 Å². The molecule has 22 heavy (non-hydrogen) atoms. The zero-order valence-corrected chi connectivity index (χ0v) is 15.4. The van der Waals surface area contributed by atoms with Crippen LogP contribution in [0.25, 0.3) is 0 Å². The Bertz CT molecular complexity index is 294. The topological polar surface area (TPSA) is 24.5 Å². The van der Waals surface area contributed by atoms with Crippen LogP contribution in [0.1, 0.15) is 72.6 Å². The molecule has 2 heterocycles. The number of ether oxygens (including phenoxy) is 1. The molecule has 130 valence electrons. The van der Waals surface area contributed by atoms with Crippen LogP contribution < -0.4 is 5.32 Å². The third-order valence-corrected chi connectivity index (χ3v) is 4.70. The summed E-state index contributed by atoms with van der Waals surface area (Å²) in [6, 6.07) is 0.726. The van der Waals surface area contributed by atoms with E-state index in [1.165, 1.54) is 57.2 Å². The van der Waals surface area contributed by atoms with Gasteiger partial charge in [-0.2, -0.15) is 0 Å². The molecular formula is C19H38N2O. The van der Waals surface area contributed by atoms with Gasteiger partial charge in [0.2, 0.25) is 0 Å². The summed E-state index contributed by atoms with van der Waals surface area (Å²) >= 11 is 0. The molecule has 1 saturated carbocycles. The molecule has 2 aliphatic heterocycles. The molecule has 0 aromatic heterocycles. The highest BCUT2D eigenvalue weighted by Crippen LogP contribution is 2.34. The van der Waals surface area contributed by atoms with E-state index < -0.39 is 0 Å². The van der Waals surface area contributed by atoms with Gasteiger partial charge in [-0.3, -0.25) is 0 Å². The first kappa shape index (κ1) is 19.5. The first-order chi connectivity index (χ1) is 10.8. The van der Waals surface area contributed by atoms with Crippen LogP contribution in [-0.4, -0.2) is 42.8 Å². The van der Waals surface area contributed by atoms with E-state index in [1.54, 1.807) is 0 Å². The molecule has 0 atom stereocenters. The maximum atomic E-state index is 6.19. The second kappa shape index (κ2) is 11.1. The molecule has 0 unspecified atom stereocenters. The molecule has 3 heteroatoms. The summed E-state index contributed by atoms with van der Waals surface area (Å²) in [6.45, 7) is 15.7. The summed E-state index contributed by atoms with van der Waals surface area (Å²) in [4.78, 5) is 2.55. The molecule has 3 fully saturated rings. The van der Waals surface area contributed by atoms with Gasteiger partial charge in [0.25, 0.3) is 0 Å². The fraction of sp³-hybridized carbons (Fsp3) is 0.895. The summed E-state index contributed by atoms with van der Waals surface area (Å²) in [7, 11) is 0. The largest absolute Gasteiger partial charge is 0.375 e. The molecule has 0 bridgehead atoms. The van der Waals surface area contributed by atoms with Gasteiger partial charge < -0.3 is 15.0 Å². The third kappa shape index (κ3) is 5.58. The number of allylic oxidation sites excluding steroid dienone is 1. The van der Waals surface area contributed by atoms with Crippen molar-refractivity contribution in [1.29, 1.82) is 0 Å². The summed E-state index contributed by atoms with van der Waals surface area (Å²) in [5.74, 6) is 0. The fourth-order valence-corrected chi connectivity index (χ4v) is 3.46. The standard InChI is InChI=1S/C15H26N2O.2C2H6/c1-12-4-2-3-9-17(12)13-10-15(11-13)18-14-5-7-16-8-6-14;2*1-2/h13-16H,1-11H2;2*1-2H3. The predicted octanol–water partition coefficient (Wildman–Crippen LogP) is 4.34. The zero-order valence-electron chi connectivity index (χ0n) is 15.4. The fourth-order valence-electron chi connectivity index (χ4n) is 3.46. The maximum absolute atomic E-state index is 6.19. The molecule has 3 rings (SSSR count). The molecule has 3 aliphatic rings. The first-order valence-electron chi connectivity index (χ1n) is 9.63. The Labute approximate surface area is 138 Å². The van der Waals surface area contributed by atoms with Crippen molar-refractivity contribution in [3.63, 3.8) is 0 Å². The molecule has 2 saturated heterocycles. The van der Waals surface area contributed by atoms with Gasteiger partial charge in [0.15, 0.2) is 0 Å². The zero-order chi connectivity index (χ0) is 16.4. The van der Waals surface area contributed by atoms with E-state index in [1.807, 2.05) is 27.7 Å². The summed E-state index contributed by atoms with van der Waals surface area (Å²) in [6.07, 6.45) is 9.75. The number of nitrogens with one attached hydrogen (secondary N) is 1. The van der Waals surface area contributed by atoms with Gasteiger partial charge in [-0.25, -0.2) is 0 Å². The van der Waals surface area contributed by atoms with Crippen LogP contribution in [0, 0.1) is 0 Å². The van der Waals surface area contributed by atoms with Gasteiger partial charge in [0.05, 0.1) is 12.2 Å². The first-order valence-corrected chi connectivity index (χ1v) is 9.63. The average Bonchev–Trinajstić information content (AvgIpc) is 2.56. The van der Waals surface area contributed by atoms with Crippen LogP contribution in [0.2, 0.25) is 0 Å². The highest BCUT2D eigenvalue weighted by atomic mass is 16.5. The lowest BCUT2D eigenvalue weighted by molar-refractivity contribution is -0.0923. The van der Waals surface area contributed by atoms with Gasteiger partial charge in [0, 0.05) is 18.3 Å². The summed E-state index contributed by atoms with van der Waals surface area (Å²) < 4.78 is 6.19. The van der Waals surface area contributed by atoms with E-state index in [0.717, 1.165) is 19.1 Å². The second-order valence-electron chi connectivity index (χ2n) is 6.05. The van der Waals surface area contributed by atoms with E-state index in [9.17, 15) is 0 Å². The number of piperidine rings is 2. The van der Waals surface area contributed by atoms with E-state index in [0.29, 0.717) is 12.2 Å². The van der Waals surface area contributed by atoms with Gasteiger partial charge in [0.1, 0.15) is 0 Å². The van der Waals surface area contributed by atoms with Gasteiger partial charge in [-0.1, -0.05) is 34.3 Å². The molecule has 0 amide bonds. The van der Waals surface area contributed by atoms with Crippen molar-refractivity contribution >= 4 is 0 Å². The minimum atomic E-state index is 0.516. The normalized spacial score (nSPS) is 28.7. The van der Waals surface area contributed by atoms with Gasteiger partial charge in [-0.05, 0) is 58.0 Å². The minimum Gasteiger partial charge on any atom is -0.375 e. The Morgan fingerprint density at radius 3 is 2.23 bits per heavy atom. The molecule has 0 radical (unpaired) electrons. The molecule has 1 aliphatic carbocycles. The van der Waals surface area contributed by atoms with Crippen LogP contribution in [0.5, 0.6) is 0 Å². The molecule has 0 aromatic rings. The van der Waals surface area contributed by atoms with Crippen LogP contribution in [0.4, 0.5) is 0 Å². The van der Waals surface area contributed by atoms with Crippen LogP contribution >= 0.6 is 0 Å². The number of hydrogen-bond acceptors (Lipinski definition) is 3. The highest BCUT2D eigenvalue weighted by Gasteiger charge is 2.36. The molecule has 3 nitrogen and oxygen atoms in total. The van der Waals surface area contributed by atoms with Crippen molar-refractivity contribution in [3.05, 3.63) is 12.3 Å². The molecule has 0 spiro atoms. The predicted molar refractivity (Wildman–Crippen MR) is 96.2 cm³/mol. The number of hydrogen-bond donors (Lipinski definition) is 1. The lowest BCUT2D eigenvalue weighted by Gasteiger charge is -2.47. The van der Waals surface area contributed by atoms with Crippen LogP contribution in [-0.2, 0) is 4.74 Å². The van der Waals surface area contributed by atoms with Crippen molar-refractivity contribution in [1.82, 2.24) is 10.2 Å². The average molecular weight is 311 g/mol. The van der Waals surface area contributed by atoms with E-state index in [-0.39, 0.29) is 0 Å². The Morgan fingerprint density at radius 1 is 1.00 bits per heavy atom. The quantitative estimate of drug-likeness (QED) is 0.839. The smallest absolute Gasteiger partial charge is 0.0618 e. The van der Waals surface area contributed by atoms with Gasteiger partial charge in [-0.15, -0.1) is 0 Å². The minimum absolute atomic E-state index is 0.516. The molecule has 0 aromatic carbocycles. The van der Waals surface area contributed by atoms with Crippen molar-refractivity contribution < 1.29 is 4.74 Å². The Hall–Kier alpha value is -0.540. The lowest BCUT2D eigenvalue weighted by Crippen LogP contribution is -2.50. The Balaban J connectivity index is 0.000000561. The SMILES string of the molecule is C=C1CCCCN1C1CC(OC2CCNCC2)C1.CC.CC. The molecule has 1 N–H and O–H groups in total. The van der Waals surface area contributed by atoms with Crippen molar-refractivity contribution in [2.75, 3.05) is 19.6 Å². The maximum Gasteiger partial charge on any atom is 0.0618 e. The number of rotatable bonds is 3. The second-order valence-corrected chi connectivity index (χ2v) is 6.05. The number of likely N-dealkylation sites (tertiary alicyclic amines) is 1. The summed E-state index contributed by atoms with van der Waals surface area (Å²) in [5.41, 5.74) is 1.37. The van der Waals surface area contributed by atoms with E-state index in [2.05, 4.69) is 16.8 Å². The Kier molecular flexibility index (Phi) is 9.81. The van der Waals surface area contributed by atoms with E-state index in [4.69, 9.17) is 4.74 Å². The van der Waals surface area contributed by atoms with Crippen LogP contribution in [0.15, 0.2) is 12.3 Å². The third-order valence-electron chi connectivity index (χ3n) is 4.70. The van der Waals surface area contributed by atoms with Crippen molar-refractivity contribution in [3.8, 4) is 0 Å². The van der Waals surface area contributed by atoms with Gasteiger partial charge >= 0.3 is 0 Å². The lowest BCUT2D eigenvalue weighted by atomic mass is 9.85. The van der Waals surface area contributed by atoms with Crippen molar-refractivity contribution in [2.24, 2.45) is 0 Å².